The van der Waals surface area contributed by atoms with Crippen LogP contribution in [0.15, 0.2) is 23.0 Å². The molecule has 0 radical (unpaired) electrons. The van der Waals surface area contributed by atoms with Gasteiger partial charge in [0.15, 0.2) is 0 Å². The van der Waals surface area contributed by atoms with E-state index in [1.807, 2.05) is 27.7 Å². The summed E-state index contributed by atoms with van der Waals surface area (Å²) in [6.07, 6.45) is 0. The van der Waals surface area contributed by atoms with Gasteiger partial charge in [-0.05, 0) is 27.7 Å². The molecule has 0 unspecified atom stereocenters. The Morgan fingerprint density at radius 3 is 1.00 bits per heavy atom. The van der Waals surface area contributed by atoms with Gasteiger partial charge in [0.05, 0.1) is 0 Å². The predicted molar refractivity (Wildman–Crippen MR) is 38.9 cm³/mol. The lowest BCUT2D eigenvalue weighted by atomic mass is 10.3. The Hall–Kier alpha value is -0.920. The van der Waals surface area contributed by atoms with E-state index in [-0.39, 0.29) is 0 Å². The molecule has 0 spiro atoms. The number of allylic oxidation sites excluding steroid dienone is 4. The lowest BCUT2D eigenvalue weighted by molar-refractivity contribution is 0.177. The van der Waals surface area contributed by atoms with Gasteiger partial charge in [0.25, 0.3) is 0 Å². The van der Waals surface area contributed by atoms with E-state index in [9.17, 15) is 0 Å². The van der Waals surface area contributed by atoms with Crippen LogP contribution in [-0.2, 0) is 9.47 Å². The van der Waals surface area contributed by atoms with E-state index < -0.39 is 0 Å². The third-order valence-corrected chi connectivity index (χ3v) is 1.60. The summed E-state index contributed by atoms with van der Waals surface area (Å²) in [5, 5.41) is 0. The fourth-order valence-corrected chi connectivity index (χ4v) is 0.747. The first-order valence-corrected chi connectivity index (χ1v) is 3.32. The summed E-state index contributed by atoms with van der Waals surface area (Å²) < 4.78 is 10.7. The van der Waals surface area contributed by atoms with Crippen molar-refractivity contribution in [3.05, 3.63) is 23.0 Å². The fraction of sp³-hybridized carbons (Fsp3) is 0.500. The standard InChI is InChI=1S/C8H12O2/c1-5-6(2)10-8(4)7(3)9-5/h1-4H3. The maximum absolute atomic E-state index is 5.34. The van der Waals surface area contributed by atoms with Crippen molar-refractivity contribution < 1.29 is 9.47 Å². The molecule has 0 atom stereocenters. The Morgan fingerprint density at radius 1 is 0.600 bits per heavy atom. The Labute approximate surface area is 61.1 Å². The molecule has 0 aromatic rings. The molecular weight excluding hydrogens is 128 g/mol. The number of rotatable bonds is 0. The highest BCUT2D eigenvalue weighted by Crippen LogP contribution is 2.22. The molecular formula is C8H12O2. The second kappa shape index (κ2) is 2.37. The van der Waals surface area contributed by atoms with Gasteiger partial charge in [-0.25, -0.2) is 0 Å². The lowest BCUT2D eigenvalue weighted by Crippen LogP contribution is -2.03. The van der Waals surface area contributed by atoms with Gasteiger partial charge < -0.3 is 9.47 Å². The summed E-state index contributed by atoms with van der Waals surface area (Å²) in [7, 11) is 0. The summed E-state index contributed by atoms with van der Waals surface area (Å²) in [5.41, 5.74) is 0. The molecule has 0 aromatic carbocycles. The Morgan fingerprint density at radius 2 is 0.800 bits per heavy atom. The summed E-state index contributed by atoms with van der Waals surface area (Å²) in [5.74, 6) is 3.40. The second-order valence-electron chi connectivity index (χ2n) is 2.43. The quantitative estimate of drug-likeness (QED) is 0.514. The molecule has 1 heterocycles. The van der Waals surface area contributed by atoms with E-state index in [2.05, 4.69) is 0 Å². The molecule has 1 aliphatic rings. The first-order valence-electron chi connectivity index (χ1n) is 3.32. The fourth-order valence-electron chi connectivity index (χ4n) is 0.747. The van der Waals surface area contributed by atoms with Crippen molar-refractivity contribution in [3.8, 4) is 0 Å². The van der Waals surface area contributed by atoms with Gasteiger partial charge in [-0.1, -0.05) is 0 Å². The topological polar surface area (TPSA) is 18.5 Å². The molecule has 0 bridgehead atoms. The molecule has 1 rings (SSSR count). The summed E-state index contributed by atoms with van der Waals surface area (Å²) in [6.45, 7) is 7.58. The SMILES string of the molecule is CC1=C(C)OC(C)=C(C)O1. The number of ether oxygens (including phenoxy) is 2. The summed E-state index contributed by atoms with van der Waals surface area (Å²) >= 11 is 0. The molecule has 2 nitrogen and oxygen atoms in total. The van der Waals surface area contributed by atoms with Crippen LogP contribution in [-0.4, -0.2) is 0 Å². The van der Waals surface area contributed by atoms with E-state index in [4.69, 9.17) is 9.47 Å². The molecule has 56 valence electrons. The van der Waals surface area contributed by atoms with Crippen LogP contribution in [0.2, 0.25) is 0 Å². The Balaban J connectivity index is 2.81. The van der Waals surface area contributed by atoms with Crippen LogP contribution in [0.25, 0.3) is 0 Å². The van der Waals surface area contributed by atoms with Gasteiger partial charge in [0.1, 0.15) is 23.0 Å². The molecule has 0 aromatic heterocycles. The normalized spacial score (nSPS) is 18.8. The van der Waals surface area contributed by atoms with Crippen LogP contribution in [0.5, 0.6) is 0 Å². The highest BCUT2D eigenvalue weighted by Gasteiger charge is 2.11. The molecule has 0 saturated heterocycles. The van der Waals surface area contributed by atoms with E-state index in [1.165, 1.54) is 0 Å². The summed E-state index contributed by atoms with van der Waals surface area (Å²) in [6, 6.07) is 0. The molecule has 10 heavy (non-hydrogen) atoms. The van der Waals surface area contributed by atoms with Crippen molar-refractivity contribution in [1.29, 1.82) is 0 Å². The van der Waals surface area contributed by atoms with Crippen LogP contribution >= 0.6 is 0 Å². The monoisotopic (exact) mass is 140 g/mol. The van der Waals surface area contributed by atoms with Crippen LogP contribution in [0.3, 0.4) is 0 Å². The van der Waals surface area contributed by atoms with Crippen molar-refractivity contribution in [2.45, 2.75) is 27.7 Å². The first kappa shape index (κ1) is 7.19. The predicted octanol–water partition coefficient (Wildman–Crippen LogP) is 2.54. The minimum absolute atomic E-state index is 0.850. The van der Waals surface area contributed by atoms with Gasteiger partial charge in [-0.15, -0.1) is 0 Å². The maximum atomic E-state index is 5.34. The second-order valence-corrected chi connectivity index (χ2v) is 2.43. The highest BCUT2D eigenvalue weighted by molar-refractivity contribution is 5.11. The van der Waals surface area contributed by atoms with Crippen LogP contribution in [0.1, 0.15) is 27.7 Å². The third-order valence-electron chi connectivity index (χ3n) is 1.60. The minimum atomic E-state index is 0.850. The zero-order valence-corrected chi connectivity index (χ0v) is 6.82. The largest absolute Gasteiger partial charge is 0.460 e. The van der Waals surface area contributed by atoms with Gasteiger partial charge in [0.2, 0.25) is 0 Å². The van der Waals surface area contributed by atoms with E-state index in [0.717, 1.165) is 23.0 Å². The molecule has 0 amide bonds. The minimum Gasteiger partial charge on any atom is -0.460 e. The van der Waals surface area contributed by atoms with E-state index >= 15 is 0 Å². The van der Waals surface area contributed by atoms with Crippen molar-refractivity contribution in [1.82, 2.24) is 0 Å². The first-order chi connectivity index (χ1) is 4.61. The number of hydrogen-bond acceptors (Lipinski definition) is 2. The smallest absolute Gasteiger partial charge is 0.139 e. The lowest BCUT2D eigenvalue weighted by Gasteiger charge is -2.18. The van der Waals surface area contributed by atoms with Crippen molar-refractivity contribution in [2.75, 3.05) is 0 Å². The molecule has 0 fully saturated rings. The van der Waals surface area contributed by atoms with Crippen LogP contribution in [0.4, 0.5) is 0 Å². The molecule has 0 aliphatic carbocycles. The van der Waals surface area contributed by atoms with Gasteiger partial charge in [0, 0.05) is 0 Å². The van der Waals surface area contributed by atoms with Crippen molar-refractivity contribution in [3.63, 3.8) is 0 Å². The molecule has 1 aliphatic heterocycles. The van der Waals surface area contributed by atoms with Gasteiger partial charge in [-0.2, -0.15) is 0 Å². The van der Waals surface area contributed by atoms with Crippen LogP contribution in [0, 0.1) is 0 Å². The number of hydrogen-bond donors (Lipinski definition) is 0. The average Bonchev–Trinajstić information content (AvgIpc) is 1.84. The Kier molecular flexibility index (Phi) is 1.70. The molecule has 0 saturated carbocycles. The van der Waals surface area contributed by atoms with Gasteiger partial charge >= 0.3 is 0 Å². The third kappa shape index (κ3) is 1.15. The van der Waals surface area contributed by atoms with Crippen molar-refractivity contribution >= 4 is 0 Å². The molecule has 2 heteroatoms. The van der Waals surface area contributed by atoms with Crippen LogP contribution < -0.4 is 0 Å². The summed E-state index contributed by atoms with van der Waals surface area (Å²) in [4.78, 5) is 0. The van der Waals surface area contributed by atoms with Crippen molar-refractivity contribution in [2.24, 2.45) is 0 Å². The Bertz CT molecular complexity index is 167. The average molecular weight is 140 g/mol. The zero-order valence-electron chi connectivity index (χ0n) is 6.82. The highest BCUT2D eigenvalue weighted by atomic mass is 16.6. The molecule has 0 N–H and O–H groups in total. The van der Waals surface area contributed by atoms with E-state index in [1.54, 1.807) is 0 Å². The van der Waals surface area contributed by atoms with Gasteiger partial charge in [-0.3, -0.25) is 0 Å². The van der Waals surface area contributed by atoms with E-state index in [0.29, 0.717) is 0 Å². The maximum Gasteiger partial charge on any atom is 0.139 e. The zero-order chi connectivity index (χ0) is 7.72.